The molecule has 0 saturated carbocycles. The molecular formula is C21H31N3O. The number of para-hydroxylation sites is 1. The van der Waals surface area contributed by atoms with Gasteiger partial charge in [0.25, 0.3) is 5.91 Å². The Labute approximate surface area is 151 Å². The van der Waals surface area contributed by atoms with Gasteiger partial charge in [0.2, 0.25) is 0 Å². The lowest BCUT2D eigenvalue weighted by atomic mass is 9.87. The van der Waals surface area contributed by atoms with Crippen LogP contribution in [0.4, 0.5) is 0 Å². The van der Waals surface area contributed by atoms with E-state index in [-0.39, 0.29) is 5.91 Å². The fourth-order valence-corrected chi connectivity index (χ4v) is 4.12. The van der Waals surface area contributed by atoms with Crippen LogP contribution in [0.25, 0.3) is 10.9 Å². The fraction of sp³-hybridized carbons (Fsp3) is 0.571. The van der Waals surface area contributed by atoms with E-state index in [9.17, 15) is 4.79 Å². The molecule has 0 aliphatic heterocycles. The smallest absolute Gasteiger partial charge is 0.253 e. The summed E-state index contributed by atoms with van der Waals surface area (Å²) in [5, 5.41) is 4.36. The standard InChI is InChI=1S/C21H31N3O/c1-5-24(6-2)15(4)13-22-21(25)17-9-7-8-16-18-12-14(3)10-11-19(18)23-20(16)17/h7-9,14-15,23H,5-6,10-13H2,1-4H3,(H,22,25). The predicted octanol–water partition coefficient (Wildman–Crippen LogP) is 3.75. The van der Waals surface area contributed by atoms with Crippen molar-refractivity contribution in [2.75, 3.05) is 19.6 Å². The molecule has 1 aliphatic rings. The third-order valence-corrected chi connectivity index (χ3v) is 5.71. The number of fused-ring (bicyclic) bond motifs is 3. The van der Waals surface area contributed by atoms with Gasteiger partial charge in [0.15, 0.2) is 0 Å². The predicted molar refractivity (Wildman–Crippen MR) is 104 cm³/mol. The first-order chi connectivity index (χ1) is 12.0. The van der Waals surface area contributed by atoms with E-state index in [1.165, 1.54) is 23.1 Å². The minimum atomic E-state index is 0.0243. The first-order valence-corrected chi connectivity index (χ1v) is 9.69. The van der Waals surface area contributed by atoms with Crippen molar-refractivity contribution in [3.8, 4) is 0 Å². The number of nitrogens with zero attached hydrogens (tertiary/aromatic N) is 1. The summed E-state index contributed by atoms with van der Waals surface area (Å²) in [6, 6.07) is 6.44. The van der Waals surface area contributed by atoms with E-state index in [4.69, 9.17) is 0 Å². The van der Waals surface area contributed by atoms with Crippen molar-refractivity contribution in [2.45, 2.75) is 53.0 Å². The summed E-state index contributed by atoms with van der Waals surface area (Å²) in [5.74, 6) is 0.746. The zero-order valence-electron chi connectivity index (χ0n) is 16.0. The van der Waals surface area contributed by atoms with Gasteiger partial charge in [-0.3, -0.25) is 9.69 Å². The van der Waals surface area contributed by atoms with Crippen LogP contribution in [0.15, 0.2) is 18.2 Å². The largest absolute Gasteiger partial charge is 0.358 e. The number of hydrogen-bond acceptors (Lipinski definition) is 2. The Kier molecular flexibility index (Phi) is 5.48. The normalized spacial score (nSPS) is 18.4. The number of aromatic amines is 1. The lowest BCUT2D eigenvalue weighted by Crippen LogP contribution is -2.42. The number of likely N-dealkylation sites (N-methyl/N-ethyl adjacent to an activating group) is 1. The molecule has 25 heavy (non-hydrogen) atoms. The number of aromatic nitrogens is 1. The zero-order chi connectivity index (χ0) is 18.0. The van der Waals surface area contributed by atoms with Crippen molar-refractivity contribution in [1.29, 1.82) is 0 Å². The van der Waals surface area contributed by atoms with Crippen LogP contribution in [0.1, 0.15) is 55.7 Å². The molecule has 1 aromatic carbocycles. The summed E-state index contributed by atoms with van der Waals surface area (Å²) in [6.45, 7) is 11.5. The van der Waals surface area contributed by atoms with Gasteiger partial charge < -0.3 is 10.3 Å². The number of benzene rings is 1. The molecule has 2 atom stereocenters. The van der Waals surface area contributed by atoms with E-state index in [1.54, 1.807) is 0 Å². The Morgan fingerprint density at radius 2 is 2.12 bits per heavy atom. The van der Waals surface area contributed by atoms with Crippen molar-refractivity contribution in [2.24, 2.45) is 5.92 Å². The van der Waals surface area contributed by atoms with Crippen LogP contribution in [0.3, 0.4) is 0 Å². The van der Waals surface area contributed by atoms with Crippen LogP contribution >= 0.6 is 0 Å². The topological polar surface area (TPSA) is 48.1 Å². The maximum atomic E-state index is 12.8. The molecule has 4 nitrogen and oxygen atoms in total. The second-order valence-corrected chi connectivity index (χ2v) is 7.44. The van der Waals surface area contributed by atoms with Crippen molar-refractivity contribution >= 4 is 16.8 Å². The molecule has 1 aliphatic carbocycles. The summed E-state index contributed by atoms with van der Waals surface area (Å²) >= 11 is 0. The van der Waals surface area contributed by atoms with Crippen LogP contribution in [0.5, 0.6) is 0 Å². The third-order valence-electron chi connectivity index (χ3n) is 5.71. The van der Waals surface area contributed by atoms with Crippen molar-refractivity contribution in [3.63, 3.8) is 0 Å². The Morgan fingerprint density at radius 3 is 2.84 bits per heavy atom. The molecule has 4 heteroatoms. The Hall–Kier alpha value is -1.81. The minimum Gasteiger partial charge on any atom is -0.358 e. The zero-order valence-corrected chi connectivity index (χ0v) is 16.0. The van der Waals surface area contributed by atoms with Gasteiger partial charge in [-0.1, -0.05) is 32.9 Å². The number of hydrogen-bond donors (Lipinski definition) is 2. The SMILES string of the molecule is CCN(CC)C(C)CNC(=O)c1cccc2c3c([nH]c12)CCC(C)C3. The third kappa shape index (κ3) is 3.59. The van der Waals surface area contributed by atoms with Crippen LogP contribution in [-0.2, 0) is 12.8 Å². The lowest BCUT2D eigenvalue weighted by molar-refractivity contribution is 0.0939. The highest BCUT2D eigenvalue weighted by Crippen LogP contribution is 2.32. The number of amides is 1. The molecule has 1 amide bonds. The number of aryl methyl sites for hydroxylation is 1. The van der Waals surface area contributed by atoms with E-state index >= 15 is 0 Å². The molecule has 2 unspecified atom stereocenters. The maximum Gasteiger partial charge on any atom is 0.253 e. The molecule has 0 saturated heterocycles. The number of nitrogens with one attached hydrogen (secondary N) is 2. The highest BCUT2D eigenvalue weighted by Gasteiger charge is 2.22. The molecular weight excluding hydrogens is 310 g/mol. The van der Waals surface area contributed by atoms with Crippen molar-refractivity contribution in [1.82, 2.24) is 15.2 Å². The van der Waals surface area contributed by atoms with Crippen molar-refractivity contribution in [3.05, 3.63) is 35.0 Å². The first-order valence-electron chi connectivity index (χ1n) is 9.69. The summed E-state index contributed by atoms with van der Waals surface area (Å²) < 4.78 is 0. The van der Waals surface area contributed by atoms with Crippen molar-refractivity contribution < 1.29 is 4.79 Å². The molecule has 0 fully saturated rings. The molecule has 136 valence electrons. The van der Waals surface area contributed by atoms with Crippen LogP contribution in [0.2, 0.25) is 0 Å². The van der Waals surface area contributed by atoms with Gasteiger partial charge in [-0.2, -0.15) is 0 Å². The molecule has 2 aromatic rings. The second-order valence-electron chi connectivity index (χ2n) is 7.44. The van der Waals surface area contributed by atoms with Gasteiger partial charge >= 0.3 is 0 Å². The van der Waals surface area contributed by atoms with E-state index in [0.717, 1.165) is 42.9 Å². The molecule has 1 aromatic heterocycles. The first kappa shape index (κ1) is 18.0. The number of carbonyl (C=O) groups is 1. The fourth-order valence-electron chi connectivity index (χ4n) is 4.12. The van der Waals surface area contributed by atoms with E-state index < -0.39 is 0 Å². The van der Waals surface area contributed by atoms with Gasteiger partial charge in [0, 0.05) is 23.7 Å². The van der Waals surface area contributed by atoms with E-state index in [0.29, 0.717) is 12.6 Å². The molecule has 0 radical (unpaired) electrons. The molecule has 3 rings (SSSR count). The summed E-state index contributed by atoms with van der Waals surface area (Å²) in [4.78, 5) is 18.7. The number of carbonyl (C=O) groups excluding carboxylic acids is 1. The van der Waals surface area contributed by atoms with Gasteiger partial charge in [-0.25, -0.2) is 0 Å². The summed E-state index contributed by atoms with van der Waals surface area (Å²) in [6.07, 6.45) is 3.42. The monoisotopic (exact) mass is 341 g/mol. The molecule has 2 N–H and O–H groups in total. The average Bonchev–Trinajstić information content (AvgIpc) is 2.98. The number of rotatable bonds is 6. The summed E-state index contributed by atoms with van der Waals surface area (Å²) in [5.41, 5.74) is 4.52. The minimum absolute atomic E-state index is 0.0243. The van der Waals surface area contributed by atoms with Crippen LogP contribution in [-0.4, -0.2) is 41.5 Å². The highest BCUT2D eigenvalue weighted by molar-refractivity contribution is 6.06. The van der Waals surface area contributed by atoms with E-state index in [2.05, 4.69) is 49.0 Å². The summed E-state index contributed by atoms with van der Waals surface area (Å²) in [7, 11) is 0. The maximum absolute atomic E-state index is 12.8. The molecule has 1 heterocycles. The van der Waals surface area contributed by atoms with Gasteiger partial charge in [0.05, 0.1) is 11.1 Å². The molecule has 0 bridgehead atoms. The lowest BCUT2D eigenvalue weighted by Gasteiger charge is -2.26. The number of H-pyrrole nitrogens is 1. The Bertz CT molecular complexity index is 745. The van der Waals surface area contributed by atoms with Gasteiger partial charge in [-0.05, 0) is 56.8 Å². The van der Waals surface area contributed by atoms with Gasteiger partial charge in [0.1, 0.15) is 0 Å². The van der Waals surface area contributed by atoms with Crippen LogP contribution < -0.4 is 5.32 Å². The highest BCUT2D eigenvalue weighted by atomic mass is 16.1. The molecule has 0 spiro atoms. The Morgan fingerprint density at radius 1 is 1.36 bits per heavy atom. The van der Waals surface area contributed by atoms with Crippen LogP contribution in [0, 0.1) is 5.92 Å². The average molecular weight is 341 g/mol. The van der Waals surface area contributed by atoms with E-state index in [1.807, 2.05) is 12.1 Å². The quantitative estimate of drug-likeness (QED) is 0.840. The Balaban J connectivity index is 1.80. The second kappa shape index (κ2) is 7.61. The van der Waals surface area contributed by atoms with Gasteiger partial charge in [-0.15, -0.1) is 0 Å².